The van der Waals surface area contributed by atoms with E-state index in [1.807, 2.05) is 54.6 Å². The lowest BCUT2D eigenvalue weighted by Gasteiger charge is -2.34. The third-order valence-corrected chi connectivity index (χ3v) is 6.88. The molecule has 6 nitrogen and oxygen atoms in total. The van der Waals surface area contributed by atoms with Gasteiger partial charge in [0.2, 0.25) is 0 Å². The highest BCUT2D eigenvalue weighted by atomic mass is 19.1. The van der Waals surface area contributed by atoms with Gasteiger partial charge in [-0.1, -0.05) is 62.4 Å². The summed E-state index contributed by atoms with van der Waals surface area (Å²) in [5.41, 5.74) is 3.73. The van der Waals surface area contributed by atoms with Gasteiger partial charge in [0.15, 0.2) is 0 Å². The summed E-state index contributed by atoms with van der Waals surface area (Å²) in [6.07, 6.45) is -1.32. The van der Waals surface area contributed by atoms with Crippen LogP contribution in [0.15, 0.2) is 72.8 Å². The molecule has 0 spiro atoms. The normalized spacial score (nSPS) is 17.2. The highest BCUT2D eigenvalue weighted by Crippen LogP contribution is 2.19. The number of alkyl halides is 1. The fraction of sp³-hybridized carbons (Fsp3) is 0.406. The van der Waals surface area contributed by atoms with E-state index in [9.17, 15) is 9.18 Å². The van der Waals surface area contributed by atoms with Gasteiger partial charge in [0.25, 0.3) is 0 Å². The number of nitrogens with zero attached hydrogens (tertiary/aromatic N) is 1. The first-order valence-corrected chi connectivity index (χ1v) is 13.9. The predicted molar refractivity (Wildman–Crippen MR) is 152 cm³/mol. The summed E-state index contributed by atoms with van der Waals surface area (Å²) in [5.74, 6) is 0.994. The van der Waals surface area contributed by atoms with Crippen molar-refractivity contribution in [3.8, 4) is 5.75 Å². The molecule has 1 fully saturated rings. The minimum absolute atomic E-state index is 0.0375. The lowest BCUT2D eigenvalue weighted by atomic mass is 10.0. The van der Waals surface area contributed by atoms with Gasteiger partial charge in [-0.2, -0.15) is 0 Å². The standard InChI is InChI=1S/C32H39F2N3O3/c1-23(2)21-39-29-12-8-24(9-13-29)17-35-18-26-10-11-28(33)16-27(26)19-36-31-14-15-37(20-30(31)34)32(38)40-22-25-6-4-3-5-7-25/h3-13,16,23,30-31,35-36H,14-15,17-22H2,1-2H3. The van der Waals surface area contributed by atoms with Crippen LogP contribution >= 0.6 is 0 Å². The van der Waals surface area contributed by atoms with Gasteiger partial charge in [0, 0.05) is 32.2 Å². The summed E-state index contributed by atoms with van der Waals surface area (Å²) < 4.78 is 40.2. The third-order valence-electron chi connectivity index (χ3n) is 6.88. The number of carbonyl (C=O) groups is 1. The molecule has 3 aromatic rings. The van der Waals surface area contributed by atoms with Crippen molar-refractivity contribution in [2.45, 2.75) is 58.7 Å². The number of benzene rings is 3. The van der Waals surface area contributed by atoms with Crippen molar-refractivity contribution in [2.75, 3.05) is 19.7 Å². The highest BCUT2D eigenvalue weighted by Gasteiger charge is 2.32. The number of ether oxygens (including phenoxy) is 2. The maximum Gasteiger partial charge on any atom is 0.410 e. The van der Waals surface area contributed by atoms with Crippen molar-refractivity contribution >= 4 is 6.09 Å². The van der Waals surface area contributed by atoms with Gasteiger partial charge in [-0.05, 0) is 58.9 Å². The van der Waals surface area contributed by atoms with E-state index in [1.54, 1.807) is 6.07 Å². The second kappa shape index (κ2) is 14.8. The van der Waals surface area contributed by atoms with E-state index in [-0.39, 0.29) is 19.0 Å². The predicted octanol–water partition coefficient (Wildman–Crippen LogP) is 5.99. The van der Waals surface area contributed by atoms with E-state index in [4.69, 9.17) is 9.47 Å². The van der Waals surface area contributed by atoms with Crippen molar-refractivity contribution in [3.63, 3.8) is 0 Å². The Balaban J connectivity index is 1.23. The molecule has 1 heterocycles. The van der Waals surface area contributed by atoms with E-state index >= 15 is 4.39 Å². The first-order chi connectivity index (χ1) is 19.4. The number of piperidine rings is 1. The van der Waals surface area contributed by atoms with Crippen LogP contribution in [0.2, 0.25) is 0 Å². The molecule has 214 valence electrons. The summed E-state index contributed by atoms with van der Waals surface area (Å²) in [4.78, 5) is 13.8. The van der Waals surface area contributed by atoms with Gasteiger partial charge in [-0.15, -0.1) is 0 Å². The van der Waals surface area contributed by atoms with E-state index in [2.05, 4.69) is 24.5 Å². The minimum atomic E-state index is -1.25. The van der Waals surface area contributed by atoms with Crippen molar-refractivity contribution in [1.29, 1.82) is 0 Å². The molecule has 2 unspecified atom stereocenters. The van der Waals surface area contributed by atoms with Crippen molar-refractivity contribution in [3.05, 3.63) is 101 Å². The zero-order valence-corrected chi connectivity index (χ0v) is 23.2. The molecule has 1 saturated heterocycles. The maximum atomic E-state index is 15.0. The van der Waals surface area contributed by atoms with Crippen LogP contribution < -0.4 is 15.4 Å². The quantitative estimate of drug-likeness (QED) is 0.290. The number of hydrogen-bond donors (Lipinski definition) is 2. The Morgan fingerprint density at radius 3 is 2.48 bits per heavy atom. The van der Waals surface area contributed by atoms with Crippen LogP contribution in [-0.2, 0) is 31.0 Å². The maximum absolute atomic E-state index is 15.0. The Kier molecular flexibility index (Phi) is 10.9. The van der Waals surface area contributed by atoms with Crippen LogP contribution in [0.25, 0.3) is 0 Å². The Hall–Kier alpha value is -3.49. The largest absolute Gasteiger partial charge is 0.493 e. The van der Waals surface area contributed by atoms with Gasteiger partial charge in [-0.3, -0.25) is 0 Å². The first-order valence-electron chi connectivity index (χ1n) is 13.9. The van der Waals surface area contributed by atoms with Crippen LogP contribution in [0.5, 0.6) is 5.75 Å². The fourth-order valence-corrected chi connectivity index (χ4v) is 4.59. The molecule has 4 rings (SSSR count). The smallest absolute Gasteiger partial charge is 0.410 e. The molecule has 1 amide bonds. The molecule has 8 heteroatoms. The molecular weight excluding hydrogens is 512 g/mol. The number of carbonyl (C=O) groups excluding carboxylic acids is 1. The lowest BCUT2D eigenvalue weighted by Crippen LogP contribution is -2.52. The van der Waals surface area contributed by atoms with E-state index < -0.39 is 18.3 Å². The van der Waals surface area contributed by atoms with E-state index in [0.717, 1.165) is 28.0 Å². The number of nitrogens with one attached hydrogen (secondary N) is 2. The van der Waals surface area contributed by atoms with Crippen LogP contribution in [-0.4, -0.2) is 42.9 Å². The molecule has 0 radical (unpaired) electrons. The monoisotopic (exact) mass is 551 g/mol. The Morgan fingerprint density at radius 1 is 0.975 bits per heavy atom. The second-order valence-corrected chi connectivity index (χ2v) is 10.6. The summed E-state index contributed by atoms with van der Waals surface area (Å²) in [7, 11) is 0. The molecule has 0 aromatic heterocycles. The number of rotatable bonds is 12. The molecule has 1 aliphatic heterocycles. The third kappa shape index (κ3) is 9.03. The number of halogens is 2. The molecule has 3 aromatic carbocycles. The van der Waals surface area contributed by atoms with Crippen molar-refractivity contribution in [1.82, 2.24) is 15.5 Å². The van der Waals surface area contributed by atoms with Gasteiger partial charge >= 0.3 is 6.09 Å². The van der Waals surface area contributed by atoms with Gasteiger partial charge in [0.05, 0.1) is 13.2 Å². The molecule has 2 N–H and O–H groups in total. The zero-order valence-electron chi connectivity index (χ0n) is 23.2. The van der Waals surface area contributed by atoms with Crippen molar-refractivity contribution < 1.29 is 23.0 Å². The molecule has 40 heavy (non-hydrogen) atoms. The Labute approximate surface area is 235 Å². The van der Waals surface area contributed by atoms with Gasteiger partial charge in [-0.25, -0.2) is 13.6 Å². The Bertz CT molecular complexity index is 1210. The molecule has 0 bridgehead atoms. The zero-order chi connectivity index (χ0) is 28.3. The molecule has 2 atom stereocenters. The lowest BCUT2D eigenvalue weighted by molar-refractivity contribution is 0.0602. The number of hydrogen-bond acceptors (Lipinski definition) is 5. The topological polar surface area (TPSA) is 62.8 Å². The first kappa shape index (κ1) is 29.5. The van der Waals surface area contributed by atoms with Crippen LogP contribution in [0.4, 0.5) is 13.6 Å². The average Bonchev–Trinajstić information content (AvgIpc) is 2.96. The summed E-state index contributed by atoms with van der Waals surface area (Å²) in [5, 5.41) is 6.66. The highest BCUT2D eigenvalue weighted by molar-refractivity contribution is 5.67. The van der Waals surface area contributed by atoms with Crippen molar-refractivity contribution in [2.24, 2.45) is 5.92 Å². The van der Waals surface area contributed by atoms with Gasteiger partial charge in [0.1, 0.15) is 24.3 Å². The number of likely N-dealkylation sites (tertiary alicyclic amines) is 1. The fourth-order valence-electron chi connectivity index (χ4n) is 4.59. The SMILES string of the molecule is CC(C)COc1ccc(CNCc2ccc(F)cc2CNC2CCN(C(=O)OCc3ccccc3)CC2F)cc1. The summed E-state index contributed by atoms with van der Waals surface area (Å²) in [6.45, 7) is 6.96. The molecule has 0 saturated carbocycles. The van der Waals surface area contributed by atoms with E-state index in [0.29, 0.717) is 45.1 Å². The number of amides is 1. The van der Waals surface area contributed by atoms with Crippen LogP contribution in [0, 0.1) is 11.7 Å². The molecule has 1 aliphatic rings. The summed E-state index contributed by atoms with van der Waals surface area (Å²) >= 11 is 0. The summed E-state index contributed by atoms with van der Waals surface area (Å²) in [6, 6.07) is 21.7. The average molecular weight is 552 g/mol. The van der Waals surface area contributed by atoms with Gasteiger partial charge < -0.3 is 25.0 Å². The van der Waals surface area contributed by atoms with Crippen LogP contribution in [0.1, 0.15) is 42.5 Å². The van der Waals surface area contributed by atoms with Crippen LogP contribution in [0.3, 0.4) is 0 Å². The molecule has 0 aliphatic carbocycles. The molecular formula is C32H39F2N3O3. The Morgan fingerprint density at radius 2 is 1.75 bits per heavy atom. The second-order valence-electron chi connectivity index (χ2n) is 10.6. The minimum Gasteiger partial charge on any atom is -0.493 e. The van der Waals surface area contributed by atoms with E-state index in [1.165, 1.54) is 17.0 Å².